The molecule has 22 heavy (non-hydrogen) atoms. The van der Waals surface area contributed by atoms with Crippen LogP contribution in [0.2, 0.25) is 0 Å². The number of nitrogens with one attached hydrogen (secondary N) is 1. The molecule has 0 saturated carbocycles. The lowest BCUT2D eigenvalue weighted by molar-refractivity contribution is 0.566. The second kappa shape index (κ2) is 6.63. The second-order valence-corrected chi connectivity index (χ2v) is 7.41. The molecule has 2 aromatic carbocycles. The summed E-state index contributed by atoms with van der Waals surface area (Å²) < 4.78 is 27.8. The summed E-state index contributed by atoms with van der Waals surface area (Å²) >= 11 is 0. The largest absolute Gasteiger partial charge is 0.241 e. The molecular formula is C18H23NO2S. The van der Waals surface area contributed by atoms with Gasteiger partial charge in [0.15, 0.2) is 0 Å². The van der Waals surface area contributed by atoms with Gasteiger partial charge in [-0.25, -0.2) is 13.1 Å². The minimum atomic E-state index is -3.51. The van der Waals surface area contributed by atoms with Crippen molar-refractivity contribution in [2.45, 2.75) is 45.1 Å². The summed E-state index contributed by atoms with van der Waals surface area (Å²) in [6.07, 6.45) is 0.895. The topological polar surface area (TPSA) is 46.2 Å². The van der Waals surface area contributed by atoms with Crippen LogP contribution in [0.4, 0.5) is 0 Å². The van der Waals surface area contributed by atoms with E-state index in [1.54, 1.807) is 12.1 Å². The Bertz CT molecular complexity index is 749. The van der Waals surface area contributed by atoms with Gasteiger partial charge >= 0.3 is 0 Å². The molecule has 0 spiro atoms. The summed E-state index contributed by atoms with van der Waals surface area (Å²) in [7, 11) is -3.51. The number of benzene rings is 2. The number of sulfonamides is 1. The van der Waals surface area contributed by atoms with Gasteiger partial charge in [-0.1, -0.05) is 42.8 Å². The number of aryl methyl sites for hydroxylation is 3. The fraction of sp³-hybridized carbons (Fsp3) is 0.333. The number of hydrogen-bond donors (Lipinski definition) is 1. The normalized spacial score (nSPS) is 13.1. The predicted molar refractivity (Wildman–Crippen MR) is 90.5 cm³/mol. The first kappa shape index (κ1) is 16.7. The van der Waals surface area contributed by atoms with E-state index in [-0.39, 0.29) is 6.04 Å². The highest BCUT2D eigenvalue weighted by molar-refractivity contribution is 7.89. The van der Waals surface area contributed by atoms with Crippen LogP contribution in [0.1, 0.15) is 42.1 Å². The highest BCUT2D eigenvalue weighted by Gasteiger charge is 2.19. The van der Waals surface area contributed by atoms with Crippen molar-refractivity contribution in [3.63, 3.8) is 0 Å². The molecule has 0 radical (unpaired) electrons. The molecule has 0 amide bonds. The molecule has 0 aliphatic carbocycles. The van der Waals surface area contributed by atoms with E-state index >= 15 is 0 Å². The second-order valence-electron chi connectivity index (χ2n) is 5.70. The molecule has 0 heterocycles. The van der Waals surface area contributed by atoms with Gasteiger partial charge in [-0.05, 0) is 56.0 Å². The smallest absolute Gasteiger partial charge is 0.207 e. The average Bonchev–Trinajstić information content (AvgIpc) is 2.49. The quantitative estimate of drug-likeness (QED) is 0.909. The first-order valence-electron chi connectivity index (χ1n) is 7.52. The van der Waals surface area contributed by atoms with Gasteiger partial charge in [0.1, 0.15) is 0 Å². The summed E-state index contributed by atoms with van der Waals surface area (Å²) in [6.45, 7) is 7.92. The van der Waals surface area contributed by atoms with Crippen LogP contribution in [0.3, 0.4) is 0 Å². The maximum atomic E-state index is 12.5. The maximum absolute atomic E-state index is 12.5. The van der Waals surface area contributed by atoms with Gasteiger partial charge in [0.2, 0.25) is 10.0 Å². The molecule has 118 valence electrons. The van der Waals surface area contributed by atoms with Crippen molar-refractivity contribution < 1.29 is 8.42 Å². The van der Waals surface area contributed by atoms with Gasteiger partial charge in [0.25, 0.3) is 0 Å². The highest BCUT2D eigenvalue weighted by atomic mass is 32.2. The fourth-order valence-electron chi connectivity index (χ4n) is 2.49. The summed E-state index contributed by atoms with van der Waals surface area (Å²) in [5.74, 6) is 0. The Morgan fingerprint density at radius 2 is 1.68 bits per heavy atom. The van der Waals surface area contributed by atoms with Gasteiger partial charge in [-0.15, -0.1) is 0 Å². The Labute approximate surface area is 133 Å². The molecule has 4 heteroatoms. The van der Waals surface area contributed by atoms with Crippen molar-refractivity contribution in [3.8, 4) is 0 Å². The molecule has 1 N–H and O–H groups in total. The van der Waals surface area contributed by atoms with Gasteiger partial charge in [-0.2, -0.15) is 0 Å². The monoisotopic (exact) mass is 317 g/mol. The summed E-state index contributed by atoms with van der Waals surface area (Å²) in [6, 6.07) is 12.9. The summed E-state index contributed by atoms with van der Waals surface area (Å²) in [5, 5.41) is 0. The van der Waals surface area contributed by atoms with Crippen LogP contribution < -0.4 is 4.72 Å². The van der Waals surface area contributed by atoms with Crippen LogP contribution >= 0.6 is 0 Å². The molecule has 0 aromatic heterocycles. The van der Waals surface area contributed by atoms with Crippen LogP contribution in [0.5, 0.6) is 0 Å². The molecule has 0 bridgehead atoms. The van der Waals surface area contributed by atoms with Crippen LogP contribution in [0.15, 0.2) is 47.4 Å². The average molecular weight is 317 g/mol. The third kappa shape index (κ3) is 3.76. The Morgan fingerprint density at radius 3 is 2.27 bits per heavy atom. The van der Waals surface area contributed by atoms with Crippen molar-refractivity contribution in [2.75, 3.05) is 0 Å². The molecule has 0 fully saturated rings. The Morgan fingerprint density at radius 1 is 1.05 bits per heavy atom. The van der Waals surface area contributed by atoms with Crippen molar-refractivity contribution >= 4 is 10.0 Å². The molecule has 3 nitrogen and oxygen atoms in total. The van der Waals surface area contributed by atoms with E-state index in [9.17, 15) is 8.42 Å². The number of hydrogen-bond acceptors (Lipinski definition) is 2. The standard InChI is InChI=1S/C18H23NO2S/c1-5-16-8-10-17(11-9-16)22(20,21)19-15(4)18-12-13(2)6-7-14(18)3/h6-12,15,19H,5H2,1-4H3. The minimum Gasteiger partial charge on any atom is -0.207 e. The lowest BCUT2D eigenvalue weighted by Crippen LogP contribution is -2.27. The maximum Gasteiger partial charge on any atom is 0.241 e. The zero-order valence-electron chi connectivity index (χ0n) is 13.6. The fourth-order valence-corrected chi connectivity index (χ4v) is 3.72. The van der Waals surface area contributed by atoms with Crippen molar-refractivity contribution in [3.05, 3.63) is 64.7 Å². The zero-order valence-corrected chi connectivity index (χ0v) is 14.4. The molecule has 2 aromatic rings. The predicted octanol–water partition coefficient (Wildman–Crippen LogP) is 3.91. The zero-order chi connectivity index (χ0) is 16.3. The molecular weight excluding hydrogens is 294 g/mol. The van der Waals surface area contributed by atoms with Crippen molar-refractivity contribution in [2.24, 2.45) is 0 Å². The van der Waals surface area contributed by atoms with Crippen LogP contribution in [-0.2, 0) is 16.4 Å². The molecule has 0 aliphatic rings. The minimum absolute atomic E-state index is 0.268. The first-order valence-corrected chi connectivity index (χ1v) is 9.00. The van der Waals surface area contributed by atoms with E-state index in [0.717, 1.165) is 28.7 Å². The van der Waals surface area contributed by atoms with Crippen molar-refractivity contribution in [1.29, 1.82) is 0 Å². The van der Waals surface area contributed by atoms with Crippen LogP contribution in [-0.4, -0.2) is 8.42 Å². The van der Waals surface area contributed by atoms with Crippen LogP contribution in [0.25, 0.3) is 0 Å². The molecule has 2 rings (SSSR count). The lowest BCUT2D eigenvalue weighted by atomic mass is 10.0. The summed E-state index contributed by atoms with van der Waals surface area (Å²) in [4.78, 5) is 0.307. The third-order valence-electron chi connectivity index (χ3n) is 3.88. The van der Waals surface area contributed by atoms with Gasteiger partial charge in [0.05, 0.1) is 4.90 Å². The third-order valence-corrected chi connectivity index (χ3v) is 5.43. The van der Waals surface area contributed by atoms with Crippen molar-refractivity contribution in [1.82, 2.24) is 4.72 Å². The molecule has 0 aliphatic heterocycles. The number of rotatable bonds is 5. The van der Waals surface area contributed by atoms with Gasteiger partial charge < -0.3 is 0 Å². The Hall–Kier alpha value is -1.65. The van der Waals surface area contributed by atoms with E-state index in [1.165, 1.54) is 0 Å². The first-order chi connectivity index (χ1) is 10.3. The highest BCUT2D eigenvalue weighted by Crippen LogP contribution is 2.21. The van der Waals surface area contributed by atoms with E-state index in [0.29, 0.717) is 4.90 Å². The van der Waals surface area contributed by atoms with Crippen LogP contribution in [0, 0.1) is 13.8 Å². The van der Waals surface area contributed by atoms with Gasteiger partial charge in [0, 0.05) is 6.04 Å². The van der Waals surface area contributed by atoms with E-state index in [1.807, 2.05) is 58.0 Å². The molecule has 0 saturated heterocycles. The SMILES string of the molecule is CCc1ccc(S(=O)(=O)NC(C)c2cc(C)ccc2C)cc1. The summed E-state index contributed by atoms with van der Waals surface area (Å²) in [5.41, 5.74) is 4.34. The Kier molecular flexibility index (Phi) is 5.04. The van der Waals surface area contributed by atoms with E-state index in [2.05, 4.69) is 4.72 Å². The molecule has 1 atom stereocenters. The van der Waals surface area contributed by atoms with Gasteiger partial charge in [-0.3, -0.25) is 0 Å². The Balaban J connectivity index is 2.25. The van der Waals surface area contributed by atoms with E-state index < -0.39 is 10.0 Å². The molecule has 1 unspecified atom stereocenters. The van der Waals surface area contributed by atoms with E-state index in [4.69, 9.17) is 0 Å². The lowest BCUT2D eigenvalue weighted by Gasteiger charge is -2.17.